The lowest BCUT2D eigenvalue weighted by atomic mass is 10.1. The van der Waals surface area contributed by atoms with Crippen molar-refractivity contribution >= 4 is 21.4 Å². The van der Waals surface area contributed by atoms with Gasteiger partial charge in [-0.05, 0) is 35.2 Å². The highest BCUT2D eigenvalue weighted by Gasteiger charge is 2.25. The Morgan fingerprint density at radius 3 is 2.60 bits per heavy atom. The van der Waals surface area contributed by atoms with Crippen LogP contribution in [0.2, 0.25) is 0 Å². The first-order valence-electron chi connectivity index (χ1n) is 7.59. The summed E-state index contributed by atoms with van der Waals surface area (Å²) < 4.78 is 32.7. The lowest BCUT2D eigenvalue weighted by Gasteiger charge is -2.21. The minimum absolute atomic E-state index is 0.155. The summed E-state index contributed by atoms with van der Waals surface area (Å²) in [6, 6.07) is 16.1. The van der Waals surface area contributed by atoms with Crippen molar-refractivity contribution in [2.24, 2.45) is 0 Å². The van der Waals surface area contributed by atoms with Crippen LogP contribution in [0.4, 0.5) is 0 Å². The fourth-order valence-corrected chi connectivity index (χ4v) is 4.74. The van der Waals surface area contributed by atoms with E-state index in [1.165, 1.54) is 21.9 Å². The molecule has 0 radical (unpaired) electrons. The second-order valence-corrected chi connectivity index (χ2v) is 8.45. The molecule has 0 aliphatic heterocycles. The van der Waals surface area contributed by atoms with Crippen molar-refractivity contribution in [1.82, 2.24) is 4.31 Å². The minimum atomic E-state index is -3.63. The van der Waals surface area contributed by atoms with Crippen LogP contribution in [0.25, 0.3) is 0 Å². The highest BCUT2D eigenvalue weighted by molar-refractivity contribution is 7.88. The molecular weight excluding hydrogens is 356 g/mol. The highest BCUT2D eigenvalue weighted by atomic mass is 32.2. The molecule has 25 heavy (non-hydrogen) atoms. The number of furan rings is 1. The van der Waals surface area contributed by atoms with Crippen molar-refractivity contribution in [3.05, 3.63) is 81.9 Å². The van der Waals surface area contributed by atoms with E-state index in [1.807, 2.05) is 23.6 Å². The first-order valence-corrected chi connectivity index (χ1v) is 10.1. The van der Waals surface area contributed by atoms with Crippen molar-refractivity contribution in [3.63, 3.8) is 0 Å². The van der Waals surface area contributed by atoms with Gasteiger partial charge in [-0.15, -0.1) is 11.3 Å². The number of sulfonamides is 1. The molecule has 0 saturated carbocycles. The summed E-state index contributed by atoms with van der Waals surface area (Å²) in [7, 11) is -3.63. The topological polar surface area (TPSA) is 74.3 Å². The Bertz CT molecular complexity index is 920. The molecule has 0 spiro atoms. The summed E-state index contributed by atoms with van der Waals surface area (Å²) in [5, 5.41) is 11.1. The summed E-state index contributed by atoms with van der Waals surface area (Å²) in [4.78, 5) is 0.948. The Balaban J connectivity index is 1.88. The lowest BCUT2D eigenvalue weighted by molar-refractivity contribution is 0.360. The zero-order valence-electron chi connectivity index (χ0n) is 13.3. The molecule has 2 heterocycles. The number of nitriles is 1. The van der Waals surface area contributed by atoms with Crippen LogP contribution in [0.3, 0.4) is 0 Å². The summed E-state index contributed by atoms with van der Waals surface area (Å²) in [6.45, 7) is 0.428. The standard InChI is InChI=1S/C18H16N2O3S2/c19-11-15-5-1-2-6-16(15)14-25(21,22)20(12-17-7-3-9-23-17)13-18-8-4-10-24-18/h1-10H,12-14H2. The van der Waals surface area contributed by atoms with Crippen LogP contribution in [-0.2, 0) is 28.9 Å². The van der Waals surface area contributed by atoms with E-state index in [9.17, 15) is 13.7 Å². The molecule has 0 saturated heterocycles. The smallest absolute Gasteiger partial charge is 0.219 e. The third kappa shape index (κ3) is 4.37. The summed E-state index contributed by atoms with van der Waals surface area (Å²) in [5.74, 6) is 0.358. The van der Waals surface area contributed by atoms with Gasteiger partial charge in [0.2, 0.25) is 10.0 Å². The fourth-order valence-electron chi connectivity index (χ4n) is 2.45. The number of thiophene rings is 1. The largest absolute Gasteiger partial charge is 0.468 e. The quantitative estimate of drug-likeness (QED) is 0.633. The number of hydrogen-bond donors (Lipinski definition) is 0. The number of rotatable bonds is 7. The second-order valence-electron chi connectivity index (χ2n) is 5.45. The van der Waals surface area contributed by atoms with Gasteiger partial charge >= 0.3 is 0 Å². The van der Waals surface area contributed by atoms with E-state index in [-0.39, 0.29) is 18.8 Å². The van der Waals surface area contributed by atoms with Gasteiger partial charge < -0.3 is 4.42 Å². The summed E-state index contributed by atoms with van der Waals surface area (Å²) >= 11 is 1.50. The molecular formula is C18H16N2O3S2. The monoisotopic (exact) mass is 372 g/mol. The Morgan fingerprint density at radius 2 is 1.92 bits per heavy atom. The molecule has 0 bridgehead atoms. The lowest BCUT2D eigenvalue weighted by Crippen LogP contribution is -2.31. The van der Waals surface area contributed by atoms with E-state index in [1.54, 1.807) is 36.4 Å². The van der Waals surface area contributed by atoms with Crippen LogP contribution in [-0.4, -0.2) is 12.7 Å². The Morgan fingerprint density at radius 1 is 1.08 bits per heavy atom. The molecule has 0 aliphatic carbocycles. The first-order chi connectivity index (χ1) is 12.1. The molecule has 7 heteroatoms. The molecule has 3 aromatic rings. The van der Waals surface area contributed by atoms with Crippen molar-refractivity contribution < 1.29 is 12.8 Å². The molecule has 128 valence electrons. The first kappa shape index (κ1) is 17.4. The minimum Gasteiger partial charge on any atom is -0.468 e. The number of benzene rings is 1. The SMILES string of the molecule is N#Cc1ccccc1CS(=O)(=O)N(Cc1ccco1)Cc1cccs1. The zero-order valence-corrected chi connectivity index (χ0v) is 15.0. The maximum Gasteiger partial charge on any atom is 0.219 e. The second kappa shape index (κ2) is 7.66. The third-order valence-corrected chi connectivity index (χ3v) is 6.28. The van der Waals surface area contributed by atoms with Crippen molar-refractivity contribution in [2.45, 2.75) is 18.8 Å². The molecule has 0 amide bonds. The molecule has 3 rings (SSSR count). The van der Waals surface area contributed by atoms with Crippen LogP contribution in [0, 0.1) is 11.3 Å². The third-order valence-electron chi connectivity index (χ3n) is 3.69. The summed E-state index contributed by atoms with van der Waals surface area (Å²) in [5.41, 5.74) is 0.876. The van der Waals surface area contributed by atoms with Gasteiger partial charge in [-0.2, -0.15) is 9.57 Å². The summed E-state index contributed by atoms with van der Waals surface area (Å²) in [6.07, 6.45) is 1.52. The molecule has 0 atom stereocenters. The predicted octanol–water partition coefficient (Wildman–Crippen LogP) is 3.74. The maximum atomic E-state index is 13.0. The van der Waals surface area contributed by atoms with E-state index in [0.717, 1.165) is 4.88 Å². The molecule has 1 aromatic carbocycles. The van der Waals surface area contributed by atoms with Crippen LogP contribution in [0.5, 0.6) is 0 Å². The normalized spacial score (nSPS) is 11.5. The molecule has 0 aliphatic rings. The van der Waals surface area contributed by atoms with Crippen LogP contribution < -0.4 is 0 Å². The van der Waals surface area contributed by atoms with E-state index < -0.39 is 10.0 Å². The van der Waals surface area contributed by atoms with Crippen molar-refractivity contribution in [1.29, 1.82) is 5.26 Å². The molecule has 0 unspecified atom stereocenters. The zero-order chi connectivity index (χ0) is 17.7. The van der Waals surface area contributed by atoms with Crippen molar-refractivity contribution in [2.75, 3.05) is 0 Å². The van der Waals surface area contributed by atoms with Gasteiger partial charge in [-0.3, -0.25) is 0 Å². The Labute approximate surface area is 150 Å². The Kier molecular flexibility index (Phi) is 5.34. The molecule has 0 N–H and O–H groups in total. The van der Waals surface area contributed by atoms with Crippen LogP contribution >= 0.6 is 11.3 Å². The van der Waals surface area contributed by atoms with Gasteiger partial charge in [-0.1, -0.05) is 24.3 Å². The van der Waals surface area contributed by atoms with E-state index in [0.29, 0.717) is 16.9 Å². The van der Waals surface area contributed by atoms with Crippen LogP contribution in [0.15, 0.2) is 64.6 Å². The van der Waals surface area contributed by atoms with Gasteiger partial charge in [0.15, 0.2) is 0 Å². The van der Waals surface area contributed by atoms with Gasteiger partial charge in [0, 0.05) is 11.4 Å². The molecule has 0 fully saturated rings. The van der Waals surface area contributed by atoms with Crippen molar-refractivity contribution in [3.8, 4) is 6.07 Å². The molecule has 2 aromatic heterocycles. The van der Waals surface area contributed by atoms with E-state index in [2.05, 4.69) is 0 Å². The molecule has 5 nitrogen and oxygen atoms in total. The van der Waals surface area contributed by atoms with E-state index in [4.69, 9.17) is 4.42 Å². The number of hydrogen-bond acceptors (Lipinski definition) is 5. The van der Waals surface area contributed by atoms with Gasteiger partial charge in [0.25, 0.3) is 0 Å². The van der Waals surface area contributed by atoms with Crippen LogP contribution in [0.1, 0.15) is 21.8 Å². The number of nitrogens with zero attached hydrogens (tertiary/aromatic N) is 2. The van der Waals surface area contributed by atoms with E-state index >= 15 is 0 Å². The Hall–Kier alpha value is -2.40. The highest BCUT2D eigenvalue weighted by Crippen LogP contribution is 2.21. The van der Waals surface area contributed by atoms with Gasteiger partial charge in [-0.25, -0.2) is 8.42 Å². The average molecular weight is 372 g/mol. The predicted molar refractivity (Wildman–Crippen MR) is 96.1 cm³/mol. The average Bonchev–Trinajstić information content (AvgIpc) is 3.28. The van der Waals surface area contributed by atoms with Gasteiger partial charge in [0.05, 0.1) is 30.2 Å². The van der Waals surface area contributed by atoms with Gasteiger partial charge in [0.1, 0.15) is 5.76 Å². The fraction of sp³-hybridized carbons (Fsp3) is 0.167. The maximum absolute atomic E-state index is 13.0.